The second-order valence-electron chi connectivity index (χ2n) is 10.2. The third kappa shape index (κ3) is 14.9. The number of hydrogen-bond donors (Lipinski definition) is 2. The molecule has 3 rings (SSSR count). The van der Waals surface area contributed by atoms with Gasteiger partial charge in [0.15, 0.2) is 0 Å². The number of carbonyl (C=O) groups is 3. The number of esters is 1. The standard InChI is InChI=1S/C26H30F3N2O4.C5H5.Fe/c1-17(14-18-12-8-9-13-18)15-21(23(33)35-25(2,3)4)30-22(32)20(31-24(34)26(27,28)29)16-19-10-6-5-7-11-19;1-2-4-5-3-1;/h5-14,20-21H,15-16H2,1-4H3,(H,30,32)(H,31,34);1-5H;/q;;+2/b17-14+;;/t20-,21+;;/m0../s1. The Balaban J connectivity index is 0.00000126. The first-order chi connectivity index (χ1) is 18.7. The molecule has 0 heterocycles. The van der Waals surface area contributed by atoms with Crippen molar-refractivity contribution in [3.05, 3.63) is 111 Å². The van der Waals surface area contributed by atoms with Gasteiger partial charge in [0.25, 0.3) is 0 Å². The van der Waals surface area contributed by atoms with Crippen molar-refractivity contribution < 1.29 is 49.4 Å². The van der Waals surface area contributed by atoms with Crippen molar-refractivity contribution in [1.29, 1.82) is 0 Å². The van der Waals surface area contributed by atoms with Gasteiger partial charge in [-0.1, -0.05) is 42.0 Å². The zero-order valence-electron chi connectivity index (χ0n) is 23.3. The summed E-state index contributed by atoms with van der Waals surface area (Å²) in [6.45, 7) is 6.76. The summed E-state index contributed by atoms with van der Waals surface area (Å²) in [6, 6.07) is 5.56. The van der Waals surface area contributed by atoms with E-state index in [1.165, 1.54) is 0 Å². The molecule has 0 unspecified atom stereocenters. The Bertz CT molecular complexity index is 976. The van der Waals surface area contributed by atoms with E-state index in [0.29, 0.717) is 5.56 Å². The van der Waals surface area contributed by atoms with Gasteiger partial charge in [0.1, 0.15) is 17.7 Å². The van der Waals surface area contributed by atoms with Crippen LogP contribution < -0.4 is 10.6 Å². The molecule has 41 heavy (non-hydrogen) atoms. The van der Waals surface area contributed by atoms with Crippen molar-refractivity contribution in [2.45, 2.75) is 64.4 Å². The van der Waals surface area contributed by atoms with Crippen LogP contribution in [0.1, 0.15) is 39.7 Å². The van der Waals surface area contributed by atoms with E-state index in [2.05, 4.69) is 5.32 Å². The zero-order valence-corrected chi connectivity index (χ0v) is 24.5. The molecule has 0 spiro atoms. The van der Waals surface area contributed by atoms with E-state index >= 15 is 0 Å². The smallest absolute Gasteiger partial charge is 0.458 e. The number of ether oxygens (including phenoxy) is 1. The Hall–Kier alpha value is -2.32. The average Bonchev–Trinajstić information content (AvgIpc) is 3.59. The maximum absolute atomic E-state index is 13.1. The van der Waals surface area contributed by atoms with Gasteiger partial charge in [-0.3, -0.25) is 9.59 Å². The SMILES string of the molecule is C/C(=C\[C]1[CH][CH][CH][CH]1)C[C@@H](NC(=O)[C@H](Cc1ccccc1)NC(=O)C(F)(F)F)C(=O)OC(C)(C)C.[CH]1[CH][CH][CH][CH]1.[Fe+2]. The molecule has 2 amide bonds. The van der Waals surface area contributed by atoms with Gasteiger partial charge in [-0.2, -0.15) is 13.2 Å². The molecule has 0 aliphatic heterocycles. The average molecular weight is 612 g/mol. The molecule has 2 atom stereocenters. The van der Waals surface area contributed by atoms with Gasteiger partial charge in [0.2, 0.25) is 5.91 Å². The number of hydrogen-bond acceptors (Lipinski definition) is 4. The maximum atomic E-state index is 13.1. The van der Waals surface area contributed by atoms with E-state index < -0.39 is 41.6 Å². The number of allylic oxidation sites excluding steroid dienone is 1. The van der Waals surface area contributed by atoms with Gasteiger partial charge < -0.3 is 15.4 Å². The third-order valence-corrected chi connectivity index (χ3v) is 5.35. The number of benzene rings is 1. The molecule has 6 nitrogen and oxygen atoms in total. The van der Waals surface area contributed by atoms with Gasteiger partial charge in [-0.05, 0) is 97.5 Å². The number of amides is 2. The second kappa shape index (κ2) is 17.6. The van der Waals surface area contributed by atoms with E-state index in [4.69, 9.17) is 4.74 Å². The van der Waals surface area contributed by atoms with Crippen LogP contribution >= 0.6 is 0 Å². The molecule has 1 aromatic rings. The molecule has 0 saturated heterocycles. The summed E-state index contributed by atoms with van der Waals surface area (Å²) in [5.74, 6) is -3.00. The minimum atomic E-state index is -5.17. The first kappa shape index (κ1) is 36.7. The first-order valence-electron chi connectivity index (χ1n) is 12.7. The van der Waals surface area contributed by atoms with Gasteiger partial charge >= 0.3 is 35.1 Å². The molecule has 0 aromatic heterocycles. The quantitative estimate of drug-likeness (QED) is 0.308. The van der Waals surface area contributed by atoms with Crippen molar-refractivity contribution in [2.24, 2.45) is 0 Å². The monoisotopic (exact) mass is 612 g/mol. The van der Waals surface area contributed by atoms with Crippen LogP contribution in [0.5, 0.6) is 0 Å². The normalized spacial score (nSPS) is 17.4. The van der Waals surface area contributed by atoms with Crippen molar-refractivity contribution in [3.63, 3.8) is 0 Å². The minimum absolute atomic E-state index is 0. The van der Waals surface area contributed by atoms with Crippen LogP contribution in [0.15, 0.2) is 42.0 Å². The van der Waals surface area contributed by atoms with Crippen LogP contribution in [-0.2, 0) is 42.6 Å². The minimum Gasteiger partial charge on any atom is -0.458 e. The van der Waals surface area contributed by atoms with E-state index in [-0.39, 0.29) is 29.9 Å². The van der Waals surface area contributed by atoms with Gasteiger partial charge in [-0.25, -0.2) is 4.79 Å². The van der Waals surface area contributed by atoms with Gasteiger partial charge in [0, 0.05) is 12.3 Å². The molecule has 2 N–H and O–H groups in total. The fraction of sp³-hybridized carbons (Fsp3) is 0.323. The summed E-state index contributed by atoms with van der Waals surface area (Å²) in [4.78, 5) is 37.5. The molecule has 1 aromatic carbocycles. The first-order valence-corrected chi connectivity index (χ1v) is 12.7. The Kier molecular flexibility index (Phi) is 15.7. The molecule has 10 radical (unpaired) electrons. The van der Waals surface area contributed by atoms with E-state index in [0.717, 1.165) is 11.5 Å². The Morgan fingerprint density at radius 3 is 1.88 bits per heavy atom. The maximum Gasteiger partial charge on any atom is 2.00 e. The topological polar surface area (TPSA) is 84.5 Å². The van der Waals surface area contributed by atoms with Crippen LogP contribution in [0.25, 0.3) is 0 Å². The predicted molar refractivity (Wildman–Crippen MR) is 146 cm³/mol. The number of alkyl halides is 3. The van der Waals surface area contributed by atoms with Crippen LogP contribution in [0, 0.1) is 63.7 Å². The summed E-state index contributed by atoms with van der Waals surface area (Å²) in [7, 11) is 0. The summed E-state index contributed by atoms with van der Waals surface area (Å²) in [5, 5.41) is 4.24. The molecule has 2 aliphatic rings. The van der Waals surface area contributed by atoms with Crippen molar-refractivity contribution in [2.75, 3.05) is 0 Å². The fourth-order valence-electron chi connectivity index (χ4n) is 3.61. The second-order valence-corrected chi connectivity index (χ2v) is 10.2. The Labute approximate surface area is 253 Å². The molecule has 0 bridgehead atoms. The third-order valence-electron chi connectivity index (χ3n) is 5.35. The van der Waals surface area contributed by atoms with Crippen molar-refractivity contribution in [3.8, 4) is 0 Å². The molecule has 10 heteroatoms. The fourth-order valence-corrected chi connectivity index (χ4v) is 3.61. The van der Waals surface area contributed by atoms with Crippen LogP contribution in [-0.4, -0.2) is 41.6 Å². The van der Waals surface area contributed by atoms with Crippen LogP contribution in [0.3, 0.4) is 0 Å². The number of halogens is 3. The van der Waals surface area contributed by atoms with Crippen molar-refractivity contribution >= 4 is 17.8 Å². The van der Waals surface area contributed by atoms with Gasteiger partial charge in [-0.15, -0.1) is 0 Å². The predicted octanol–water partition coefficient (Wildman–Crippen LogP) is 4.86. The molecule has 220 valence electrons. The van der Waals surface area contributed by atoms with E-state index in [9.17, 15) is 27.6 Å². The van der Waals surface area contributed by atoms with Crippen molar-refractivity contribution in [1.82, 2.24) is 10.6 Å². The molecule has 2 saturated carbocycles. The van der Waals surface area contributed by atoms with E-state index in [1.807, 2.05) is 63.9 Å². The molecule has 2 fully saturated rings. The number of nitrogens with one attached hydrogen (secondary N) is 2. The number of carbonyl (C=O) groups excluding carboxylic acids is 3. The molecule has 2 aliphatic carbocycles. The van der Waals surface area contributed by atoms with Crippen LogP contribution in [0.4, 0.5) is 13.2 Å². The zero-order chi connectivity index (χ0) is 29.8. The van der Waals surface area contributed by atoms with E-state index in [1.54, 1.807) is 63.3 Å². The molecular weight excluding hydrogens is 577 g/mol. The van der Waals surface area contributed by atoms with Gasteiger partial charge in [0.05, 0.1) is 0 Å². The molecular formula is C31H35F3FeN2O4+2. The summed E-state index contributed by atoms with van der Waals surface area (Å²) < 4.78 is 44.2. The Morgan fingerprint density at radius 2 is 1.39 bits per heavy atom. The number of rotatable bonds is 9. The summed E-state index contributed by atoms with van der Waals surface area (Å²) in [6.07, 6.45) is 14.0. The summed E-state index contributed by atoms with van der Waals surface area (Å²) in [5.41, 5.74) is 0.430. The Morgan fingerprint density at radius 1 is 0.854 bits per heavy atom. The largest absolute Gasteiger partial charge is 2.00 e. The van der Waals surface area contributed by atoms with Crippen LogP contribution in [0.2, 0.25) is 0 Å². The summed E-state index contributed by atoms with van der Waals surface area (Å²) >= 11 is 0.